The summed E-state index contributed by atoms with van der Waals surface area (Å²) in [4.78, 5) is 11.8. The zero-order valence-corrected chi connectivity index (χ0v) is 11.0. The molecule has 18 heavy (non-hydrogen) atoms. The number of anilines is 1. The second kappa shape index (κ2) is 5.89. The molecule has 98 valence electrons. The maximum Gasteiger partial charge on any atom is 0.224 e. The van der Waals surface area contributed by atoms with Gasteiger partial charge in [-0.15, -0.1) is 0 Å². The van der Waals surface area contributed by atoms with Crippen LogP contribution in [0, 0.1) is 11.8 Å². The summed E-state index contributed by atoms with van der Waals surface area (Å²) >= 11 is 0. The van der Waals surface area contributed by atoms with Crippen molar-refractivity contribution in [3.63, 3.8) is 0 Å². The first-order chi connectivity index (χ1) is 8.65. The van der Waals surface area contributed by atoms with Gasteiger partial charge in [-0.05, 0) is 36.0 Å². The molecule has 1 aliphatic carbocycles. The van der Waals surface area contributed by atoms with E-state index in [0.29, 0.717) is 18.0 Å². The van der Waals surface area contributed by atoms with Crippen LogP contribution in [0.1, 0.15) is 31.7 Å². The fourth-order valence-electron chi connectivity index (χ4n) is 2.72. The molecule has 0 radical (unpaired) electrons. The van der Waals surface area contributed by atoms with Crippen molar-refractivity contribution in [3.8, 4) is 0 Å². The topological polar surface area (TPSA) is 55.1 Å². The molecular weight excluding hydrogens is 224 g/mol. The first-order valence-electron chi connectivity index (χ1n) is 6.76. The number of amides is 1. The molecule has 0 bridgehead atoms. The molecule has 1 amide bonds. The van der Waals surface area contributed by atoms with Crippen molar-refractivity contribution in [1.82, 2.24) is 5.32 Å². The maximum atomic E-state index is 11.8. The Hall–Kier alpha value is -1.51. The van der Waals surface area contributed by atoms with Gasteiger partial charge in [-0.1, -0.05) is 31.9 Å². The Morgan fingerprint density at radius 2 is 2.28 bits per heavy atom. The summed E-state index contributed by atoms with van der Waals surface area (Å²) in [5.41, 5.74) is 7.39. The number of benzene rings is 1. The summed E-state index contributed by atoms with van der Waals surface area (Å²) < 4.78 is 0. The largest absolute Gasteiger partial charge is 0.399 e. The number of carbonyl (C=O) groups excluding carboxylic acids is 1. The molecule has 1 fully saturated rings. The third-order valence-electron chi connectivity index (χ3n) is 3.92. The number of rotatable bonds is 4. The van der Waals surface area contributed by atoms with Gasteiger partial charge < -0.3 is 11.1 Å². The van der Waals surface area contributed by atoms with Crippen molar-refractivity contribution in [2.45, 2.75) is 32.6 Å². The molecule has 2 rings (SSSR count). The molecule has 0 aromatic heterocycles. The van der Waals surface area contributed by atoms with Crippen LogP contribution in [-0.2, 0) is 11.2 Å². The summed E-state index contributed by atoms with van der Waals surface area (Å²) in [7, 11) is 0. The van der Waals surface area contributed by atoms with Crippen molar-refractivity contribution in [2.24, 2.45) is 11.8 Å². The van der Waals surface area contributed by atoms with Gasteiger partial charge in [-0.2, -0.15) is 0 Å². The lowest BCUT2D eigenvalue weighted by Crippen LogP contribution is -2.31. The molecule has 0 heterocycles. The van der Waals surface area contributed by atoms with Gasteiger partial charge in [0.2, 0.25) is 5.91 Å². The Balaban J connectivity index is 1.78. The Morgan fingerprint density at radius 3 is 2.94 bits per heavy atom. The van der Waals surface area contributed by atoms with Crippen LogP contribution >= 0.6 is 0 Å². The van der Waals surface area contributed by atoms with Crippen molar-refractivity contribution >= 4 is 11.6 Å². The summed E-state index contributed by atoms with van der Waals surface area (Å²) in [5.74, 6) is 1.51. The van der Waals surface area contributed by atoms with Crippen LogP contribution in [0.2, 0.25) is 0 Å². The number of hydrogen-bond donors (Lipinski definition) is 2. The first kappa shape index (κ1) is 12.9. The van der Waals surface area contributed by atoms with Crippen molar-refractivity contribution in [2.75, 3.05) is 12.3 Å². The van der Waals surface area contributed by atoms with Gasteiger partial charge in [-0.25, -0.2) is 0 Å². The van der Waals surface area contributed by atoms with E-state index in [-0.39, 0.29) is 5.91 Å². The molecule has 3 N–H and O–H groups in total. The third kappa shape index (κ3) is 3.49. The first-order valence-corrected chi connectivity index (χ1v) is 6.76. The van der Waals surface area contributed by atoms with Gasteiger partial charge >= 0.3 is 0 Å². The maximum absolute atomic E-state index is 11.8. The molecular formula is C15H22N2O. The second-order valence-corrected chi connectivity index (χ2v) is 5.39. The van der Waals surface area contributed by atoms with Gasteiger partial charge in [0, 0.05) is 12.2 Å². The van der Waals surface area contributed by atoms with E-state index < -0.39 is 0 Å². The van der Waals surface area contributed by atoms with Crippen molar-refractivity contribution in [3.05, 3.63) is 29.8 Å². The van der Waals surface area contributed by atoms with Gasteiger partial charge in [0.25, 0.3) is 0 Å². The normalized spacial score (nSPS) is 22.9. The summed E-state index contributed by atoms with van der Waals surface area (Å²) in [6.45, 7) is 3.10. The number of nitrogens with one attached hydrogen (secondary N) is 1. The Bertz CT molecular complexity index is 417. The summed E-state index contributed by atoms with van der Waals surface area (Å²) in [5, 5.41) is 3.04. The van der Waals surface area contributed by atoms with Gasteiger partial charge in [0.15, 0.2) is 0 Å². The highest BCUT2D eigenvalue weighted by Gasteiger charge is 2.23. The lowest BCUT2D eigenvalue weighted by Gasteiger charge is -2.15. The molecule has 3 heteroatoms. The molecule has 0 aliphatic heterocycles. The smallest absolute Gasteiger partial charge is 0.224 e. The van der Waals surface area contributed by atoms with E-state index in [1.54, 1.807) is 0 Å². The van der Waals surface area contributed by atoms with E-state index in [2.05, 4.69) is 12.2 Å². The van der Waals surface area contributed by atoms with Crippen LogP contribution < -0.4 is 11.1 Å². The van der Waals surface area contributed by atoms with Crippen molar-refractivity contribution < 1.29 is 4.79 Å². The lowest BCUT2D eigenvalue weighted by atomic mass is 9.98. The molecule has 0 saturated heterocycles. The van der Waals surface area contributed by atoms with Crippen LogP contribution in [0.4, 0.5) is 5.69 Å². The summed E-state index contributed by atoms with van der Waals surface area (Å²) in [6.07, 6.45) is 4.28. The van der Waals surface area contributed by atoms with Gasteiger partial charge in [-0.3, -0.25) is 4.79 Å². The van der Waals surface area contributed by atoms with E-state index in [1.807, 2.05) is 24.3 Å². The molecule has 2 atom stereocenters. The van der Waals surface area contributed by atoms with E-state index >= 15 is 0 Å². The van der Waals surface area contributed by atoms with Crippen molar-refractivity contribution in [1.29, 1.82) is 0 Å². The molecule has 0 spiro atoms. The minimum absolute atomic E-state index is 0.0969. The van der Waals surface area contributed by atoms with E-state index in [9.17, 15) is 4.79 Å². The summed E-state index contributed by atoms with van der Waals surface area (Å²) in [6, 6.07) is 7.52. The minimum Gasteiger partial charge on any atom is -0.399 e. The fourth-order valence-corrected chi connectivity index (χ4v) is 2.72. The Kier molecular flexibility index (Phi) is 4.24. The van der Waals surface area contributed by atoms with Crippen LogP contribution in [0.3, 0.4) is 0 Å². The fraction of sp³-hybridized carbons (Fsp3) is 0.533. The van der Waals surface area contributed by atoms with E-state index in [4.69, 9.17) is 5.73 Å². The second-order valence-electron chi connectivity index (χ2n) is 5.39. The SMILES string of the molecule is CC1CCCC1CNC(=O)Cc1cccc(N)c1. The predicted octanol–water partition coefficient (Wildman–Crippen LogP) is 2.36. The predicted molar refractivity (Wildman–Crippen MR) is 74.1 cm³/mol. The highest BCUT2D eigenvalue weighted by atomic mass is 16.1. The molecule has 3 nitrogen and oxygen atoms in total. The number of nitrogens with two attached hydrogens (primary N) is 1. The zero-order chi connectivity index (χ0) is 13.0. The number of nitrogen functional groups attached to an aromatic ring is 1. The number of hydrogen-bond acceptors (Lipinski definition) is 2. The third-order valence-corrected chi connectivity index (χ3v) is 3.92. The van der Waals surface area contributed by atoms with Crippen LogP contribution in [0.5, 0.6) is 0 Å². The highest BCUT2D eigenvalue weighted by Crippen LogP contribution is 2.30. The molecule has 2 unspecified atom stereocenters. The Labute approximate surface area is 109 Å². The molecule has 1 aromatic carbocycles. The standard InChI is InChI=1S/C15H22N2O/c1-11-4-2-6-13(11)10-17-15(18)9-12-5-3-7-14(16)8-12/h3,5,7-8,11,13H,2,4,6,9-10,16H2,1H3,(H,17,18). The average Bonchev–Trinajstić information content (AvgIpc) is 2.72. The van der Waals surface area contributed by atoms with Crippen LogP contribution in [0.15, 0.2) is 24.3 Å². The zero-order valence-electron chi connectivity index (χ0n) is 11.0. The molecule has 1 saturated carbocycles. The average molecular weight is 246 g/mol. The van der Waals surface area contributed by atoms with E-state index in [1.165, 1.54) is 19.3 Å². The lowest BCUT2D eigenvalue weighted by molar-refractivity contribution is -0.120. The Morgan fingerprint density at radius 1 is 1.44 bits per heavy atom. The monoisotopic (exact) mass is 246 g/mol. The highest BCUT2D eigenvalue weighted by molar-refractivity contribution is 5.78. The molecule has 1 aromatic rings. The quantitative estimate of drug-likeness (QED) is 0.801. The van der Waals surface area contributed by atoms with E-state index in [0.717, 1.165) is 18.0 Å². The van der Waals surface area contributed by atoms with Gasteiger partial charge in [0.05, 0.1) is 6.42 Å². The van der Waals surface area contributed by atoms with Crippen LogP contribution in [-0.4, -0.2) is 12.5 Å². The van der Waals surface area contributed by atoms with Gasteiger partial charge in [0.1, 0.15) is 0 Å². The van der Waals surface area contributed by atoms with Crippen LogP contribution in [0.25, 0.3) is 0 Å². The number of carbonyl (C=O) groups is 1. The minimum atomic E-state index is 0.0969. The molecule has 1 aliphatic rings.